The normalized spacial score (nSPS) is 16.7. The molecule has 1 fully saturated rings. The number of aromatic nitrogens is 1. The summed E-state index contributed by atoms with van der Waals surface area (Å²) >= 11 is 0. The van der Waals surface area contributed by atoms with E-state index in [4.69, 9.17) is 14.2 Å². The van der Waals surface area contributed by atoms with Crippen molar-refractivity contribution in [3.8, 4) is 17.2 Å². The number of hydrogen-bond acceptors (Lipinski definition) is 7. The van der Waals surface area contributed by atoms with Crippen LogP contribution in [-0.4, -0.2) is 71.2 Å². The second-order valence-electron chi connectivity index (χ2n) is 9.55. The zero-order valence-electron chi connectivity index (χ0n) is 22.2. The van der Waals surface area contributed by atoms with Crippen molar-refractivity contribution in [2.24, 2.45) is 0 Å². The number of aromatic hydroxyl groups is 1. The highest BCUT2D eigenvalue weighted by atomic mass is 16.6. The number of hydrogen-bond donors (Lipinski definition) is 1. The molecule has 5 rings (SSSR count). The van der Waals surface area contributed by atoms with Gasteiger partial charge in [0.1, 0.15) is 17.2 Å². The van der Waals surface area contributed by atoms with E-state index < -0.39 is 0 Å². The molecule has 0 unspecified atom stereocenters. The smallest absolute Gasteiger partial charge is 0.409 e. The summed E-state index contributed by atoms with van der Waals surface area (Å²) in [5.74, 6) is 1.25. The van der Waals surface area contributed by atoms with E-state index in [1.165, 1.54) is 0 Å². The predicted molar refractivity (Wildman–Crippen MR) is 144 cm³/mol. The van der Waals surface area contributed by atoms with E-state index in [2.05, 4.69) is 16.4 Å². The van der Waals surface area contributed by atoms with Crippen LogP contribution in [0.5, 0.6) is 17.2 Å². The van der Waals surface area contributed by atoms with Gasteiger partial charge < -0.3 is 28.8 Å². The number of amides is 1. The quantitative estimate of drug-likeness (QED) is 0.477. The van der Waals surface area contributed by atoms with Crippen molar-refractivity contribution < 1.29 is 28.9 Å². The summed E-state index contributed by atoms with van der Waals surface area (Å²) in [5.41, 5.74) is 3.62. The number of ether oxygens (including phenoxy) is 3. The molecule has 0 aliphatic carbocycles. The van der Waals surface area contributed by atoms with Gasteiger partial charge in [-0.2, -0.15) is 0 Å². The van der Waals surface area contributed by atoms with E-state index in [0.717, 1.165) is 28.8 Å². The van der Waals surface area contributed by atoms with Crippen molar-refractivity contribution in [1.82, 2.24) is 14.4 Å². The number of nitrogens with zero attached hydrogens (tertiary/aromatic N) is 3. The third-order valence-corrected chi connectivity index (χ3v) is 7.25. The van der Waals surface area contributed by atoms with Crippen molar-refractivity contribution >= 4 is 28.9 Å². The predicted octanol–water partition coefficient (Wildman–Crippen LogP) is 4.57. The number of phenols is 1. The molecule has 3 aromatic rings. The Bertz CT molecular complexity index is 1430. The Morgan fingerprint density at radius 3 is 2.61 bits per heavy atom. The molecule has 9 heteroatoms. The topological polar surface area (TPSA) is 93.5 Å². The molecule has 0 bridgehead atoms. The lowest BCUT2D eigenvalue weighted by atomic mass is 9.99. The number of benzene rings is 2. The molecule has 0 spiro atoms. The van der Waals surface area contributed by atoms with Crippen molar-refractivity contribution in [2.45, 2.75) is 33.9 Å². The molecule has 1 saturated heterocycles. The maximum Gasteiger partial charge on any atom is 0.409 e. The number of Topliss-reactive ketones (excluding diaryl/α,β-unsaturated/α-hetero) is 1. The van der Waals surface area contributed by atoms with Crippen LogP contribution in [0.1, 0.15) is 40.9 Å². The van der Waals surface area contributed by atoms with Crippen molar-refractivity contribution in [3.63, 3.8) is 0 Å². The summed E-state index contributed by atoms with van der Waals surface area (Å²) in [4.78, 5) is 29.4. The molecule has 0 atom stereocenters. The number of fused-ring (bicyclic) bond motifs is 2. The molecule has 1 amide bonds. The molecule has 200 valence electrons. The fourth-order valence-corrected chi connectivity index (χ4v) is 5.21. The van der Waals surface area contributed by atoms with Gasteiger partial charge >= 0.3 is 6.09 Å². The first-order chi connectivity index (χ1) is 18.3. The van der Waals surface area contributed by atoms with Crippen LogP contribution in [0.15, 0.2) is 36.2 Å². The molecule has 1 aromatic heterocycles. The number of carbonyl (C=O) groups is 2. The van der Waals surface area contributed by atoms with E-state index >= 15 is 0 Å². The largest absolute Gasteiger partial charge is 0.507 e. The average Bonchev–Trinajstić information content (AvgIpc) is 3.44. The minimum Gasteiger partial charge on any atom is -0.507 e. The van der Waals surface area contributed by atoms with Gasteiger partial charge in [0.25, 0.3) is 0 Å². The summed E-state index contributed by atoms with van der Waals surface area (Å²) in [7, 11) is 1.63. The molecule has 1 N–H and O–H groups in total. The summed E-state index contributed by atoms with van der Waals surface area (Å²) in [5, 5.41) is 11.8. The maximum atomic E-state index is 13.5. The van der Waals surface area contributed by atoms with E-state index in [0.29, 0.717) is 61.8 Å². The average molecular weight is 520 g/mol. The molecule has 2 aromatic carbocycles. The van der Waals surface area contributed by atoms with Crippen LogP contribution < -0.4 is 9.47 Å². The summed E-state index contributed by atoms with van der Waals surface area (Å²) in [6.45, 7) is 9.49. The van der Waals surface area contributed by atoms with Crippen LogP contribution in [0.25, 0.3) is 17.0 Å². The van der Waals surface area contributed by atoms with Crippen LogP contribution >= 0.6 is 0 Å². The van der Waals surface area contributed by atoms with Crippen molar-refractivity contribution in [1.29, 1.82) is 0 Å². The molecule has 0 radical (unpaired) electrons. The van der Waals surface area contributed by atoms with Crippen LogP contribution in [0.4, 0.5) is 4.79 Å². The highest BCUT2D eigenvalue weighted by molar-refractivity contribution is 6.16. The second-order valence-corrected chi connectivity index (χ2v) is 9.55. The monoisotopic (exact) mass is 519 g/mol. The Morgan fingerprint density at radius 2 is 1.92 bits per heavy atom. The number of phenolic OH excluding ortho intramolecular Hbond substituents is 1. The van der Waals surface area contributed by atoms with Crippen molar-refractivity contribution in [3.05, 3.63) is 58.5 Å². The van der Waals surface area contributed by atoms with Gasteiger partial charge in [0, 0.05) is 61.9 Å². The lowest BCUT2D eigenvalue weighted by molar-refractivity contribution is 0.0774. The molecular weight excluding hydrogens is 486 g/mol. The first kappa shape index (κ1) is 25.7. The third kappa shape index (κ3) is 4.58. The number of carbonyl (C=O) groups excluding carboxylic acids is 2. The van der Waals surface area contributed by atoms with Gasteiger partial charge in [0.2, 0.25) is 5.78 Å². The minimum atomic E-state index is -0.308. The Morgan fingerprint density at radius 1 is 1.16 bits per heavy atom. The molecule has 0 saturated carbocycles. The number of aryl methyl sites for hydroxylation is 2. The molecule has 38 heavy (non-hydrogen) atoms. The zero-order chi connectivity index (χ0) is 27.0. The van der Waals surface area contributed by atoms with Crippen molar-refractivity contribution in [2.75, 3.05) is 39.9 Å². The molecule has 2 aliphatic rings. The number of rotatable bonds is 6. The lowest BCUT2D eigenvalue weighted by Crippen LogP contribution is -2.48. The second kappa shape index (κ2) is 10.4. The van der Waals surface area contributed by atoms with Gasteiger partial charge in [0.05, 0.1) is 24.8 Å². The minimum absolute atomic E-state index is 0.0930. The summed E-state index contributed by atoms with van der Waals surface area (Å²) in [6.07, 6.45) is 3.47. The standard InChI is InChI=1S/C29H33N3O6/c1-5-31-16-19(21-15-20(36-4)7-8-23(21)31)14-25-27(34)26-18(3)13-24(33)22(28(26)38-25)17-30-9-11-32(12-10-30)29(35)37-6-2/h7-8,13-16,33H,5-6,9-12,17H2,1-4H3/b25-14+. The van der Waals surface area contributed by atoms with E-state index in [1.807, 2.05) is 24.4 Å². The first-order valence-corrected chi connectivity index (χ1v) is 12.9. The number of ketones is 1. The van der Waals surface area contributed by atoms with Crippen LogP contribution in [0.3, 0.4) is 0 Å². The van der Waals surface area contributed by atoms with Gasteiger partial charge in [-0.25, -0.2) is 4.79 Å². The van der Waals surface area contributed by atoms with Crippen LogP contribution in [-0.2, 0) is 17.8 Å². The highest BCUT2D eigenvalue weighted by Gasteiger charge is 2.34. The number of methoxy groups -OCH3 is 1. The Kier molecular flexibility index (Phi) is 7.03. The molecular formula is C29H33N3O6. The molecule has 9 nitrogen and oxygen atoms in total. The molecule has 2 aliphatic heterocycles. The Hall–Kier alpha value is -3.98. The van der Waals surface area contributed by atoms with E-state index in [1.54, 1.807) is 38.0 Å². The van der Waals surface area contributed by atoms with Gasteiger partial charge in [0.15, 0.2) is 5.76 Å². The van der Waals surface area contributed by atoms with Gasteiger partial charge in [-0.3, -0.25) is 9.69 Å². The Balaban J connectivity index is 1.44. The van der Waals surface area contributed by atoms with E-state index in [-0.39, 0.29) is 23.4 Å². The zero-order valence-corrected chi connectivity index (χ0v) is 22.2. The fraction of sp³-hybridized carbons (Fsp3) is 0.379. The fourth-order valence-electron chi connectivity index (χ4n) is 5.21. The SMILES string of the molecule is CCOC(=O)N1CCN(Cc2c(O)cc(C)c3c2O/C(=C/c2cn(CC)c4ccc(OC)cc24)C3=O)CC1. The van der Waals surface area contributed by atoms with E-state index in [9.17, 15) is 14.7 Å². The van der Waals surface area contributed by atoms with Gasteiger partial charge in [-0.15, -0.1) is 0 Å². The maximum absolute atomic E-state index is 13.5. The first-order valence-electron chi connectivity index (χ1n) is 12.9. The summed E-state index contributed by atoms with van der Waals surface area (Å²) < 4.78 is 18.8. The molecule has 3 heterocycles. The van der Waals surface area contributed by atoms with Gasteiger partial charge in [-0.05, 0) is 56.7 Å². The lowest BCUT2D eigenvalue weighted by Gasteiger charge is -2.34. The van der Waals surface area contributed by atoms with Crippen LogP contribution in [0.2, 0.25) is 0 Å². The number of piperazine rings is 1. The van der Waals surface area contributed by atoms with Crippen LogP contribution in [0, 0.1) is 6.92 Å². The summed E-state index contributed by atoms with van der Waals surface area (Å²) in [6, 6.07) is 7.51. The van der Waals surface area contributed by atoms with Gasteiger partial charge in [-0.1, -0.05) is 0 Å². The number of allylic oxidation sites excluding steroid dienone is 1. The highest BCUT2D eigenvalue weighted by Crippen LogP contribution is 2.43. The third-order valence-electron chi connectivity index (χ3n) is 7.25. The Labute approximate surface area is 221 Å².